The fourth-order valence-corrected chi connectivity index (χ4v) is 1.94. The predicted octanol–water partition coefficient (Wildman–Crippen LogP) is 3.10. The number of aromatic nitrogens is 2. The summed E-state index contributed by atoms with van der Waals surface area (Å²) in [5.74, 6) is 0.276. The van der Waals surface area contributed by atoms with Crippen LogP contribution in [0, 0.1) is 5.82 Å². The van der Waals surface area contributed by atoms with Gasteiger partial charge in [-0.2, -0.15) is 5.10 Å². The highest BCUT2D eigenvalue weighted by atomic mass is 35.5. The Labute approximate surface area is 110 Å². The topological polar surface area (TPSA) is 55.9 Å². The fourth-order valence-electron chi connectivity index (χ4n) is 1.72. The highest BCUT2D eigenvalue weighted by Gasteiger charge is 2.13. The molecule has 0 unspecified atom stereocenters. The zero-order chi connectivity index (χ0) is 13.3. The lowest BCUT2D eigenvalue weighted by molar-refractivity contribution is 0.628. The van der Waals surface area contributed by atoms with Crippen LogP contribution in [0.15, 0.2) is 18.2 Å². The highest BCUT2D eigenvalue weighted by molar-refractivity contribution is 6.33. The number of anilines is 3. The van der Waals surface area contributed by atoms with E-state index in [4.69, 9.17) is 17.3 Å². The molecule has 1 heterocycles. The largest absolute Gasteiger partial charge is 0.394 e. The lowest BCUT2D eigenvalue weighted by atomic mass is 10.2. The molecule has 1 aromatic heterocycles. The van der Waals surface area contributed by atoms with E-state index >= 15 is 0 Å². The van der Waals surface area contributed by atoms with Crippen LogP contribution >= 0.6 is 11.6 Å². The van der Waals surface area contributed by atoms with Crippen LogP contribution in [0.4, 0.5) is 21.6 Å². The molecule has 0 saturated heterocycles. The maximum atomic E-state index is 12.9. The van der Waals surface area contributed by atoms with E-state index in [0.29, 0.717) is 22.2 Å². The third-order valence-electron chi connectivity index (χ3n) is 2.68. The van der Waals surface area contributed by atoms with Gasteiger partial charge in [0.25, 0.3) is 0 Å². The number of hydrogen-bond acceptors (Lipinski definition) is 3. The van der Waals surface area contributed by atoms with Gasteiger partial charge in [-0.25, -0.2) is 4.39 Å². The number of hydrogen-bond donors (Lipinski definition) is 2. The average Bonchev–Trinajstić information content (AvgIpc) is 2.59. The predicted molar refractivity (Wildman–Crippen MR) is 71.7 cm³/mol. The van der Waals surface area contributed by atoms with Gasteiger partial charge in [0.15, 0.2) is 5.82 Å². The van der Waals surface area contributed by atoms with Crippen LogP contribution < -0.4 is 11.1 Å². The summed E-state index contributed by atoms with van der Waals surface area (Å²) in [6.07, 6.45) is 0.749. The zero-order valence-corrected chi connectivity index (χ0v) is 10.9. The van der Waals surface area contributed by atoms with Crippen LogP contribution in [0.3, 0.4) is 0 Å². The molecular weight excluding hydrogens is 255 g/mol. The first-order valence-corrected chi connectivity index (χ1v) is 5.94. The molecule has 3 N–H and O–H groups in total. The van der Waals surface area contributed by atoms with E-state index in [2.05, 4.69) is 10.4 Å². The van der Waals surface area contributed by atoms with E-state index in [1.807, 2.05) is 6.92 Å². The van der Waals surface area contributed by atoms with Gasteiger partial charge in [0.2, 0.25) is 0 Å². The van der Waals surface area contributed by atoms with Gasteiger partial charge in [0.1, 0.15) is 5.82 Å². The summed E-state index contributed by atoms with van der Waals surface area (Å²) in [5, 5.41) is 7.65. The maximum Gasteiger partial charge on any atom is 0.152 e. The third-order valence-corrected chi connectivity index (χ3v) is 2.99. The second-order valence-corrected chi connectivity index (χ2v) is 4.34. The molecule has 0 saturated carbocycles. The van der Waals surface area contributed by atoms with Crippen molar-refractivity contribution >= 4 is 28.8 Å². The molecule has 0 aliphatic carbocycles. The Hall–Kier alpha value is -1.75. The summed E-state index contributed by atoms with van der Waals surface area (Å²) >= 11 is 5.95. The standard InChI is InChI=1S/C12H14ClFN4/c1-3-9-11(15)12(18(2)17-9)16-10-5-4-7(14)6-8(10)13/h4-6,16H,3,15H2,1-2H3. The molecule has 1 aromatic carbocycles. The number of benzene rings is 1. The number of nitrogens with two attached hydrogens (primary N) is 1. The van der Waals surface area contributed by atoms with Gasteiger partial charge < -0.3 is 11.1 Å². The first kappa shape index (κ1) is 12.7. The molecule has 0 spiro atoms. The Morgan fingerprint density at radius 3 is 2.78 bits per heavy atom. The molecule has 0 radical (unpaired) electrons. The van der Waals surface area contributed by atoms with Crippen molar-refractivity contribution in [3.8, 4) is 0 Å². The van der Waals surface area contributed by atoms with Crippen LogP contribution in [0.5, 0.6) is 0 Å². The van der Waals surface area contributed by atoms with E-state index in [9.17, 15) is 4.39 Å². The van der Waals surface area contributed by atoms with Gasteiger partial charge in [-0.05, 0) is 24.6 Å². The van der Waals surface area contributed by atoms with Crippen LogP contribution in [0.1, 0.15) is 12.6 Å². The van der Waals surface area contributed by atoms with Crippen molar-refractivity contribution in [3.63, 3.8) is 0 Å². The van der Waals surface area contributed by atoms with Crippen molar-refractivity contribution in [2.24, 2.45) is 7.05 Å². The number of nitrogens with zero attached hydrogens (tertiary/aromatic N) is 2. The van der Waals surface area contributed by atoms with Gasteiger partial charge in [0.05, 0.1) is 22.1 Å². The first-order chi connectivity index (χ1) is 8.52. The lowest BCUT2D eigenvalue weighted by Gasteiger charge is -2.09. The van der Waals surface area contributed by atoms with Gasteiger partial charge in [-0.15, -0.1) is 0 Å². The fraction of sp³-hybridized carbons (Fsp3) is 0.250. The van der Waals surface area contributed by atoms with Crippen molar-refractivity contribution in [2.75, 3.05) is 11.1 Å². The quantitative estimate of drug-likeness (QED) is 0.899. The Bertz CT molecular complexity index is 580. The minimum atomic E-state index is -0.377. The lowest BCUT2D eigenvalue weighted by Crippen LogP contribution is -2.01. The summed E-state index contributed by atoms with van der Waals surface area (Å²) in [6, 6.07) is 4.15. The van der Waals surface area contributed by atoms with E-state index < -0.39 is 0 Å². The van der Waals surface area contributed by atoms with Crippen molar-refractivity contribution in [3.05, 3.63) is 34.7 Å². The van der Waals surface area contributed by atoms with E-state index in [0.717, 1.165) is 12.1 Å². The molecule has 18 heavy (non-hydrogen) atoms. The summed E-state index contributed by atoms with van der Waals surface area (Å²) < 4.78 is 14.6. The smallest absolute Gasteiger partial charge is 0.152 e. The van der Waals surface area contributed by atoms with Crippen LogP contribution in [-0.2, 0) is 13.5 Å². The molecule has 0 atom stereocenters. The summed E-state index contributed by atoms with van der Waals surface area (Å²) in [5.41, 5.74) is 7.97. The van der Waals surface area contributed by atoms with E-state index in [-0.39, 0.29) is 5.82 Å². The van der Waals surface area contributed by atoms with Crippen molar-refractivity contribution in [1.82, 2.24) is 9.78 Å². The number of nitrogens with one attached hydrogen (secondary N) is 1. The summed E-state index contributed by atoms with van der Waals surface area (Å²) in [6.45, 7) is 1.98. The first-order valence-electron chi connectivity index (χ1n) is 5.56. The third kappa shape index (κ3) is 2.26. The number of rotatable bonds is 3. The Morgan fingerprint density at radius 2 is 2.22 bits per heavy atom. The minimum Gasteiger partial charge on any atom is -0.394 e. The zero-order valence-electron chi connectivity index (χ0n) is 10.2. The molecular formula is C12H14ClFN4. The molecule has 6 heteroatoms. The normalized spacial score (nSPS) is 10.7. The Morgan fingerprint density at radius 1 is 1.50 bits per heavy atom. The SMILES string of the molecule is CCc1nn(C)c(Nc2ccc(F)cc2Cl)c1N. The summed E-state index contributed by atoms with van der Waals surface area (Å²) in [4.78, 5) is 0. The van der Waals surface area contributed by atoms with Gasteiger partial charge >= 0.3 is 0 Å². The maximum absolute atomic E-state index is 12.9. The van der Waals surface area contributed by atoms with E-state index in [1.54, 1.807) is 17.8 Å². The van der Waals surface area contributed by atoms with Gasteiger partial charge in [-0.1, -0.05) is 18.5 Å². The molecule has 4 nitrogen and oxygen atoms in total. The van der Waals surface area contributed by atoms with Crippen molar-refractivity contribution in [2.45, 2.75) is 13.3 Å². The Kier molecular flexibility index (Phi) is 3.43. The van der Waals surface area contributed by atoms with Gasteiger partial charge in [-0.3, -0.25) is 4.68 Å². The molecule has 0 bridgehead atoms. The minimum absolute atomic E-state index is 0.300. The monoisotopic (exact) mass is 268 g/mol. The molecule has 0 amide bonds. The van der Waals surface area contributed by atoms with Gasteiger partial charge in [0, 0.05) is 7.05 Å². The molecule has 0 aliphatic rings. The molecule has 96 valence electrons. The summed E-state index contributed by atoms with van der Waals surface area (Å²) in [7, 11) is 1.79. The number of aryl methyl sites for hydroxylation is 2. The van der Waals surface area contributed by atoms with Crippen molar-refractivity contribution < 1.29 is 4.39 Å². The molecule has 0 aliphatic heterocycles. The highest BCUT2D eigenvalue weighted by Crippen LogP contribution is 2.30. The second kappa shape index (κ2) is 4.86. The molecule has 2 rings (SSSR count). The second-order valence-electron chi connectivity index (χ2n) is 3.94. The molecule has 2 aromatic rings. The Balaban J connectivity index is 2.37. The molecule has 0 fully saturated rings. The van der Waals surface area contributed by atoms with Crippen molar-refractivity contribution in [1.29, 1.82) is 0 Å². The van der Waals surface area contributed by atoms with Crippen LogP contribution in [0.25, 0.3) is 0 Å². The van der Waals surface area contributed by atoms with E-state index in [1.165, 1.54) is 12.1 Å². The number of nitrogen functional groups attached to an aromatic ring is 1. The van der Waals surface area contributed by atoms with Crippen LogP contribution in [0.2, 0.25) is 5.02 Å². The average molecular weight is 269 g/mol. The number of halogens is 2. The van der Waals surface area contributed by atoms with Crippen LogP contribution in [-0.4, -0.2) is 9.78 Å².